The van der Waals surface area contributed by atoms with Gasteiger partial charge in [0.2, 0.25) is 5.95 Å². The Morgan fingerprint density at radius 2 is 2.04 bits per heavy atom. The smallest absolute Gasteiger partial charge is 0.229 e. The fraction of sp³-hybridized carbons (Fsp3) is 0.444. The van der Waals surface area contributed by atoms with Crippen molar-refractivity contribution in [3.8, 4) is 0 Å². The van der Waals surface area contributed by atoms with E-state index in [0.717, 1.165) is 46.2 Å². The molecule has 1 N–H and O–H groups in total. The van der Waals surface area contributed by atoms with Crippen molar-refractivity contribution < 1.29 is 0 Å². The molecule has 1 saturated heterocycles. The molecule has 23 heavy (non-hydrogen) atoms. The number of benzene rings is 1. The third-order valence-corrected chi connectivity index (χ3v) is 4.75. The maximum Gasteiger partial charge on any atom is 0.229 e. The lowest BCUT2D eigenvalue weighted by Crippen LogP contribution is -2.35. The maximum absolute atomic E-state index is 4.74. The number of rotatable bonds is 3. The number of nitrogens with one attached hydrogen (secondary N) is 1. The first kappa shape index (κ1) is 16.2. The molecule has 0 aliphatic carbocycles. The molecule has 1 aromatic carbocycles. The van der Waals surface area contributed by atoms with E-state index in [1.807, 2.05) is 19.1 Å². The van der Waals surface area contributed by atoms with E-state index in [0.29, 0.717) is 5.95 Å². The summed E-state index contributed by atoms with van der Waals surface area (Å²) in [5, 5.41) is 3.36. The minimum Gasteiger partial charge on any atom is -0.356 e. The SMILES string of the molecule is Cc1cc(N2CCCC(C)C2)nc(Nc2ccc(Br)cc2C)n1. The zero-order chi connectivity index (χ0) is 16.4. The van der Waals surface area contributed by atoms with Crippen LogP contribution >= 0.6 is 15.9 Å². The van der Waals surface area contributed by atoms with Crippen molar-refractivity contribution >= 4 is 33.4 Å². The quantitative estimate of drug-likeness (QED) is 0.834. The van der Waals surface area contributed by atoms with E-state index < -0.39 is 0 Å². The summed E-state index contributed by atoms with van der Waals surface area (Å²) < 4.78 is 1.08. The molecule has 1 aliphatic heterocycles. The molecule has 0 radical (unpaired) electrons. The minimum absolute atomic E-state index is 0.670. The van der Waals surface area contributed by atoms with Gasteiger partial charge in [-0.05, 0) is 56.4 Å². The van der Waals surface area contributed by atoms with E-state index in [1.54, 1.807) is 0 Å². The largest absolute Gasteiger partial charge is 0.356 e. The number of halogens is 1. The number of anilines is 3. The van der Waals surface area contributed by atoms with Gasteiger partial charge in [-0.2, -0.15) is 4.98 Å². The molecule has 3 rings (SSSR count). The molecular formula is C18H23BrN4. The summed E-state index contributed by atoms with van der Waals surface area (Å²) >= 11 is 3.50. The van der Waals surface area contributed by atoms with Gasteiger partial charge in [-0.3, -0.25) is 0 Å². The Morgan fingerprint density at radius 3 is 2.78 bits per heavy atom. The van der Waals surface area contributed by atoms with Gasteiger partial charge in [0.05, 0.1) is 0 Å². The molecule has 1 aliphatic rings. The monoisotopic (exact) mass is 374 g/mol. The molecule has 5 heteroatoms. The topological polar surface area (TPSA) is 41.1 Å². The highest BCUT2D eigenvalue weighted by atomic mass is 79.9. The number of aryl methyl sites for hydroxylation is 2. The predicted octanol–water partition coefficient (Wildman–Crippen LogP) is 4.84. The van der Waals surface area contributed by atoms with Crippen LogP contribution in [0.1, 0.15) is 31.0 Å². The zero-order valence-corrected chi connectivity index (χ0v) is 15.5. The lowest BCUT2D eigenvalue weighted by Gasteiger charge is -2.32. The van der Waals surface area contributed by atoms with Crippen LogP contribution in [0.4, 0.5) is 17.5 Å². The van der Waals surface area contributed by atoms with Crippen LogP contribution in [0.3, 0.4) is 0 Å². The van der Waals surface area contributed by atoms with Crippen LogP contribution in [0, 0.1) is 19.8 Å². The van der Waals surface area contributed by atoms with Gasteiger partial charge in [0, 0.05) is 35.0 Å². The van der Waals surface area contributed by atoms with Gasteiger partial charge in [0.25, 0.3) is 0 Å². The van der Waals surface area contributed by atoms with E-state index in [-0.39, 0.29) is 0 Å². The number of nitrogens with zero attached hydrogens (tertiary/aromatic N) is 3. The van der Waals surface area contributed by atoms with E-state index in [1.165, 1.54) is 12.8 Å². The highest BCUT2D eigenvalue weighted by molar-refractivity contribution is 9.10. The second-order valence-corrected chi connectivity index (χ2v) is 7.38. The van der Waals surface area contributed by atoms with Crippen LogP contribution in [-0.4, -0.2) is 23.1 Å². The molecular weight excluding hydrogens is 352 g/mol. The molecule has 2 heterocycles. The van der Waals surface area contributed by atoms with Gasteiger partial charge >= 0.3 is 0 Å². The molecule has 1 aromatic heterocycles. The summed E-state index contributed by atoms with van der Waals surface area (Å²) in [6.45, 7) is 8.57. The van der Waals surface area contributed by atoms with Crippen molar-refractivity contribution in [1.29, 1.82) is 0 Å². The third-order valence-electron chi connectivity index (χ3n) is 4.26. The Morgan fingerprint density at radius 1 is 1.22 bits per heavy atom. The van der Waals surface area contributed by atoms with Crippen molar-refractivity contribution in [3.05, 3.63) is 40.0 Å². The molecule has 1 atom stereocenters. The molecule has 0 bridgehead atoms. The molecule has 0 spiro atoms. The maximum atomic E-state index is 4.74. The normalized spacial score (nSPS) is 18.1. The average Bonchev–Trinajstić information content (AvgIpc) is 2.50. The zero-order valence-electron chi connectivity index (χ0n) is 13.9. The second kappa shape index (κ2) is 6.87. The molecule has 122 valence electrons. The van der Waals surface area contributed by atoms with Crippen molar-refractivity contribution in [2.75, 3.05) is 23.3 Å². The molecule has 4 nitrogen and oxygen atoms in total. The first-order valence-electron chi connectivity index (χ1n) is 8.15. The van der Waals surface area contributed by atoms with Gasteiger partial charge in [-0.15, -0.1) is 0 Å². The summed E-state index contributed by atoms with van der Waals surface area (Å²) in [4.78, 5) is 11.7. The van der Waals surface area contributed by atoms with Crippen molar-refractivity contribution in [1.82, 2.24) is 9.97 Å². The molecule has 1 fully saturated rings. The van der Waals surface area contributed by atoms with Gasteiger partial charge in [0.1, 0.15) is 5.82 Å². The van der Waals surface area contributed by atoms with Crippen LogP contribution in [0.15, 0.2) is 28.7 Å². The van der Waals surface area contributed by atoms with Crippen LogP contribution in [-0.2, 0) is 0 Å². The van der Waals surface area contributed by atoms with Crippen LogP contribution in [0.2, 0.25) is 0 Å². The number of hydrogen-bond donors (Lipinski definition) is 1. The van der Waals surface area contributed by atoms with Gasteiger partial charge in [0.15, 0.2) is 0 Å². The highest BCUT2D eigenvalue weighted by Crippen LogP contribution is 2.25. The molecule has 0 saturated carbocycles. The summed E-state index contributed by atoms with van der Waals surface area (Å²) in [7, 11) is 0. The number of piperidine rings is 1. The van der Waals surface area contributed by atoms with Crippen LogP contribution < -0.4 is 10.2 Å². The summed E-state index contributed by atoms with van der Waals surface area (Å²) in [6.07, 6.45) is 2.54. The predicted molar refractivity (Wildman–Crippen MR) is 99.5 cm³/mol. The van der Waals surface area contributed by atoms with Crippen LogP contribution in [0.5, 0.6) is 0 Å². The Kier molecular flexibility index (Phi) is 4.85. The summed E-state index contributed by atoms with van der Waals surface area (Å²) in [5.41, 5.74) is 3.19. The first-order valence-corrected chi connectivity index (χ1v) is 8.94. The van der Waals surface area contributed by atoms with Gasteiger partial charge in [-0.25, -0.2) is 4.98 Å². The first-order chi connectivity index (χ1) is 11.0. The van der Waals surface area contributed by atoms with Crippen molar-refractivity contribution in [2.24, 2.45) is 5.92 Å². The van der Waals surface area contributed by atoms with E-state index in [9.17, 15) is 0 Å². The molecule has 2 aromatic rings. The fourth-order valence-corrected chi connectivity index (χ4v) is 3.53. The highest BCUT2D eigenvalue weighted by Gasteiger charge is 2.18. The van der Waals surface area contributed by atoms with Crippen molar-refractivity contribution in [2.45, 2.75) is 33.6 Å². The lowest BCUT2D eigenvalue weighted by molar-refractivity contribution is 0.444. The van der Waals surface area contributed by atoms with E-state index in [2.05, 4.69) is 57.1 Å². The Hall–Kier alpha value is -1.62. The number of aromatic nitrogens is 2. The van der Waals surface area contributed by atoms with Crippen molar-refractivity contribution in [3.63, 3.8) is 0 Å². The Bertz CT molecular complexity index is 701. The third kappa shape index (κ3) is 4.02. The minimum atomic E-state index is 0.670. The summed E-state index contributed by atoms with van der Waals surface area (Å²) in [5.74, 6) is 2.43. The van der Waals surface area contributed by atoms with Gasteiger partial charge in [-0.1, -0.05) is 22.9 Å². The lowest BCUT2D eigenvalue weighted by atomic mass is 10.0. The van der Waals surface area contributed by atoms with E-state index >= 15 is 0 Å². The fourth-order valence-electron chi connectivity index (χ4n) is 3.06. The van der Waals surface area contributed by atoms with Gasteiger partial charge < -0.3 is 10.2 Å². The Labute approximate surface area is 146 Å². The number of hydrogen-bond acceptors (Lipinski definition) is 4. The molecule has 0 amide bonds. The van der Waals surface area contributed by atoms with E-state index in [4.69, 9.17) is 4.98 Å². The average molecular weight is 375 g/mol. The Balaban J connectivity index is 1.85. The molecule has 1 unspecified atom stereocenters. The second-order valence-electron chi connectivity index (χ2n) is 6.47. The van der Waals surface area contributed by atoms with Crippen LogP contribution in [0.25, 0.3) is 0 Å². The summed E-state index contributed by atoms with van der Waals surface area (Å²) in [6, 6.07) is 8.25. The standard InChI is InChI=1S/C18H23BrN4/c1-12-5-4-8-23(11-12)17-10-14(3)20-18(22-17)21-16-7-6-15(19)9-13(16)2/h6-7,9-10,12H,4-5,8,11H2,1-3H3,(H,20,21,22).